The van der Waals surface area contributed by atoms with Crippen molar-refractivity contribution in [3.05, 3.63) is 29.8 Å². The topological polar surface area (TPSA) is 29.5 Å². The Morgan fingerprint density at radius 1 is 1.37 bits per heavy atom. The van der Waals surface area contributed by atoms with Gasteiger partial charge in [0.2, 0.25) is 0 Å². The number of hydrogen-bond acceptors (Lipinski definition) is 3. The van der Waals surface area contributed by atoms with Gasteiger partial charge in [0.25, 0.3) is 0 Å². The normalized spacial score (nSPS) is 23.5. The minimum absolute atomic E-state index is 0.157. The molecule has 1 aliphatic rings. The number of hydrogen-bond donors (Lipinski definition) is 0. The zero-order chi connectivity index (χ0) is 13.8. The molecule has 2 unspecified atom stereocenters. The first-order valence-corrected chi connectivity index (χ1v) is 7.09. The smallest absolute Gasteiger partial charge is 0.180 e. The lowest BCUT2D eigenvalue weighted by Crippen LogP contribution is -2.38. The second kappa shape index (κ2) is 6.20. The highest BCUT2D eigenvalue weighted by atomic mass is 16.5. The van der Waals surface area contributed by atoms with Crippen LogP contribution in [-0.4, -0.2) is 36.4 Å². The fraction of sp³-hybridized carbons (Fsp3) is 0.562. The van der Waals surface area contributed by atoms with Gasteiger partial charge in [-0.15, -0.1) is 0 Å². The van der Waals surface area contributed by atoms with Crippen molar-refractivity contribution in [2.45, 2.75) is 45.2 Å². The third-order valence-electron chi connectivity index (χ3n) is 4.16. The summed E-state index contributed by atoms with van der Waals surface area (Å²) in [5.41, 5.74) is 0.693. The third kappa shape index (κ3) is 2.98. The standard InChI is InChI=1S/C16H23NO2/c1-4-13-10-9-12(2)17(13)11-15(18)14-7-5-6-8-16(14)19-3/h5-8,12-13H,4,9-11H2,1-3H3. The van der Waals surface area contributed by atoms with E-state index in [1.54, 1.807) is 7.11 Å². The molecule has 3 heteroatoms. The average Bonchev–Trinajstić information content (AvgIpc) is 2.79. The maximum atomic E-state index is 12.5. The van der Waals surface area contributed by atoms with Crippen LogP contribution in [0.1, 0.15) is 43.5 Å². The fourth-order valence-electron chi connectivity index (χ4n) is 2.97. The van der Waals surface area contributed by atoms with Gasteiger partial charge in [0.1, 0.15) is 5.75 Å². The van der Waals surface area contributed by atoms with E-state index in [1.807, 2.05) is 24.3 Å². The number of Topliss-reactive ketones (excluding diaryl/α,β-unsaturated/α-hetero) is 1. The molecular formula is C16H23NO2. The summed E-state index contributed by atoms with van der Waals surface area (Å²) in [6.07, 6.45) is 3.51. The summed E-state index contributed by atoms with van der Waals surface area (Å²) >= 11 is 0. The molecule has 1 aromatic carbocycles. The second-order valence-electron chi connectivity index (χ2n) is 5.28. The van der Waals surface area contributed by atoms with Crippen LogP contribution in [0.25, 0.3) is 0 Å². The lowest BCUT2D eigenvalue weighted by Gasteiger charge is -2.27. The highest BCUT2D eigenvalue weighted by Gasteiger charge is 2.31. The molecule has 0 aromatic heterocycles. The number of likely N-dealkylation sites (tertiary alicyclic amines) is 1. The number of carbonyl (C=O) groups excluding carboxylic acids is 1. The summed E-state index contributed by atoms with van der Waals surface area (Å²) in [5.74, 6) is 0.831. The maximum Gasteiger partial charge on any atom is 0.180 e. The Balaban J connectivity index is 2.12. The molecule has 104 valence electrons. The largest absolute Gasteiger partial charge is 0.496 e. The Morgan fingerprint density at radius 2 is 2.11 bits per heavy atom. The van der Waals surface area contributed by atoms with E-state index >= 15 is 0 Å². The summed E-state index contributed by atoms with van der Waals surface area (Å²) in [7, 11) is 1.61. The Bertz CT molecular complexity index is 444. The highest BCUT2D eigenvalue weighted by Crippen LogP contribution is 2.27. The predicted octanol–water partition coefficient (Wildman–Crippen LogP) is 3.14. The molecule has 0 radical (unpaired) electrons. The Morgan fingerprint density at radius 3 is 2.79 bits per heavy atom. The molecule has 1 saturated heterocycles. The molecule has 0 saturated carbocycles. The molecule has 1 heterocycles. The molecule has 0 spiro atoms. The van der Waals surface area contributed by atoms with Crippen molar-refractivity contribution >= 4 is 5.78 Å². The van der Waals surface area contributed by atoms with Crippen LogP contribution < -0.4 is 4.74 Å². The number of ether oxygens (including phenoxy) is 1. The van der Waals surface area contributed by atoms with Crippen molar-refractivity contribution < 1.29 is 9.53 Å². The first kappa shape index (κ1) is 14.1. The minimum atomic E-state index is 0.157. The zero-order valence-electron chi connectivity index (χ0n) is 12.1. The first-order chi connectivity index (χ1) is 9.17. The summed E-state index contributed by atoms with van der Waals surface area (Å²) in [6, 6.07) is 8.53. The van der Waals surface area contributed by atoms with Gasteiger partial charge in [-0.1, -0.05) is 19.1 Å². The van der Waals surface area contributed by atoms with Crippen molar-refractivity contribution in [2.75, 3.05) is 13.7 Å². The quantitative estimate of drug-likeness (QED) is 0.763. The summed E-state index contributed by atoms with van der Waals surface area (Å²) < 4.78 is 5.27. The van der Waals surface area contributed by atoms with Gasteiger partial charge in [-0.3, -0.25) is 9.69 Å². The predicted molar refractivity (Wildman–Crippen MR) is 76.8 cm³/mol. The molecule has 3 nitrogen and oxygen atoms in total. The Labute approximate surface area is 115 Å². The molecule has 2 atom stereocenters. The van der Waals surface area contributed by atoms with Crippen LogP contribution in [-0.2, 0) is 0 Å². The van der Waals surface area contributed by atoms with Crippen LogP contribution in [0.2, 0.25) is 0 Å². The number of benzene rings is 1. The van der Waals surface area contributed by atoms with Crippen LogP contribution in [0.3, 0.4) is 0 Å². The van der Waals surface area contributed by atoms with E-state index in [1.165, 1.54) is 12.8 Å². The van der Waals surface area contributed by atoms with Gasteiger partial charge in [0.15, 0.2) is 5.78 Å². The van der Waals surface area contributed by atoms with Crippen molar-refractivity contribution in [3.8, 4) is 5.75 Å². The van der Waals surface area contributed by atoms with Crippen LogP contribution in [0.5, 0.6) is 5.75 Å². The zero-order valence-corrected chi connectivity index (χ0v) is 12.1. The fourth-order valence-corrected chi connectivity index (χ4v) is 2.97. The number of methoxy groups -OCH3 is 1. The van der Waals surface area contributed by atoms with Crippen LogP contribution in [0, 0.1) is 0 Å². The number of rotatable bonds is 5. The van der Waals surface area contributed by atoms with E-state index < -0.39 is 0 Å². The van der Waals surface area contributed by atoms with Gasteiger partial charge in [0, 0.05) is 12.1 Å². The van der Waals surface area contributed by atoms with Crippen LogP contribution in [0.15, 0.2) is 24.3 Å². The van der Waals surface area contributed by atoms with E-state index in [0.717, 1.165) is 6.42 Å². The molecule has 19 heavy (non-hydrogen) atoms. The Kier molecular flexibility index (Phi) is 4.59. The SMILES string of the molecule is CCC1CCC(C)N1CC(=O)c1ccccc1OC. The van der Waals surface area contributed by atoms with Gasteiger partial charge in [-0.05, 0) is 38.3 Å². The minimum Gasteiger partial charge on any atom is -0.496 e. The van der Waals surface area contributed by atoms with Gasteiger partial charge >= 0.3 is 0 Å². The van der Waals surface area contributed by atoms with Crippen molar-refractivity contribution in [3.63, 3.8) is 0 Å². The summed E-state index contributed by atoms with van der Waals surface area (Å²) in [5, 5.41) is 0. The monoisotopic (exact) mass is 261 g/mol. The van der Waals surface area contributed by atoms with E-state index in [0.29, 0.717) is 29.9 Å². The van der Waals surface area contributed by atoms with Crippen molar-refractivity contribution in [2.24, 2.45) is 0 Å². The number of ketones is 1. The molecular weight excluding hydrogens is 238 g/mol. The first-order valence-electron chi connectivity index (χ1n) is 7.09. The van der Waals surface area contributed by atoms with E-state index in [-0.39, 0.29) is 5.78 Å². The van der Waals surface area contributed by atoms with Gasteiger partial charge in [-0.25, -0.2) is 0 Å². The molecule has 1 aromatic rings. The van der Waals surface area contributed by atoms with E-state index in [4.69, 9.17) is 4.74 Å². The highest BCUT2D eigenvalue weighted by molar-refractivity contribution is 6.00. The van der Waals surface area contributed by atoms with Gasteiger partial charge in [0.05, 0.1) is 19.2 Å². The van der Waals surface area contributed by atoms with Crippen LogP contribution >= 0.6 is 0 Å². The average molecular weight is 261 g/mol. The number of nitrogens with zero attached hydrogens (tertiary/aromatic N) is 1. The molecule has 0 N–H and O–H groups in total. The molecule has 2 rings (SSSR count). The van der Waals surface area contributed by atoms with E-state index in [9.17, 15) is 4.79 Å². The maximum absolute atomic E-state index is 12.5. The third-order valence-corrected chi connectivity index (χ3v) is 4.16. The summed E-state index contributed by atoms with van der Waals surface area (Å²) in [4.78, 5) is 14.8. The molecule has 0 bridgehead atoms. The summed E-state index contributed by atoms with van der Waals surface area (Å²) in [6.45, 7) is 4.91. The van der Waals surface area contributed by atoms with Crippen LogP contribution in [0.4, 0.5) is 0 Å². The molecule has 0 aliphatic carbocycles. The lowest BCUT2D eigenvalue weighted by molar-refractivity contribution is 0.0886. The molecule has 1 fully saturated rings. The Hall–Kier alpha value is -1.35. The van der Waals surface area contributed by atoms with Gasteiger partial charge < -0.3 is 4.74 Å². The number of carbonyl (C=O) groups is 1. The van der Waals surface area contributed by atoms with Gasteiger partial charge in [-0.2, -0.15) is 0 Å². The van der Waals surface area contributed by atoms with Crippen molar-refractivity contribution in [1.82, 2.24) is 4.90 Å². The van der Waals surface area contributed by atoms with E-state index in [2.05, 4.69) is 18.7 Å². The molecule has 1 aliphatic heterocycles. The lowest BCUT2D eigenvalue weighted by atomic mass is 10.1. The second-order valence-corrected chi connectivity index (χ2v) is 5.28. The van der Waals surface area contributed by atoms with Crippen molar-refractivity contribution in [1.29, 1.82) is 0 Å². The number of para-hydroxylation sites is 1. The molecule has 0 amide bonds.